The number of fused-ring (bicyclic) bond motifs is 1. The van der Waals surface area contributed by atoms with Gasteiger partial charge in [-0.15, -0.1) is 0 Å². The van der Waals surface area contributed by atoms with Gasteiger partial charge in [0.2, 0.25) is 5.91 Å². The van der Waals surface area contributed by atoms with E-state index >= 15 is 0 Å². The lowest BCUT2D eigenvalue weighted by Gasteiger charge is -2.23. The van der Waals surface area contributed by atoms with Crippen LogP contribution in [0.2, 0.25) is 0 Å². The Labute approximate surface area is 122 Å². The summed E-state index contributed by atoms with van der Waals surface area (Å²) in [4.78, 5) is 25.6. The van der Waals surface area contributed by atoms with E-state index in [9.17, 15) is 19.1 Å². The number of benzene rings is 1. The highest BCUT2D eigenvalue weighted by Gasteiger charge is 2.44. The minimum atomic E-state index is -0.906. The molecular weight excluding hydrogens is 273 g/mol. The number of anilines is 1. The summed E-state index contributed by atoms with van der Waals surface area (Å²) in [5.74, 6) is -2.33. The number of nitrogens with zero attached hydrogens (tertiary/aromatic N) is 1. The quantitative estimate of drug-likeness (QED) is 0.910. The second-order valence-corrected chi connectivity index (χ2v) is 6.14. The largest absolute Gasteiger partial charge is 0.481 e. The van der Waals surface area contributed by atoms with Gasteiger partial charge < -0.3 is 10.0 Å². The maximum atomic E-state index is 13.4. The van der Waals surface area contributed by atoms with Crippen molar-refractivity contribution in [1.29, 1.82) is 0 Å². The van der Waals surface area contributed by atoms with Crippen LogP contribution in [0.15, 0.2) is 18.2 Å². The molecule has 5 heteroatoms. The number of hydrogen-bond acceptors (Lipinski definition) is 2. The number of halogens is 1. The smallest absolute Gasteiger partial charge is 0.307 e. The van der Waals surface area contributed by atoms with E-state index < -0.39 is 17.8 Å². The number of rotatable bonds is 2. The Bertz CT molecular complexity index is 601. The van der Waals surface area contributed by atoms with Gasteiger partial charge in [0, 0.05) is 12.2 Å². The molecule has 0 bridgehead atoms. The van der Waals surface area contributed by atoms with Crippen LogP contribution in [0.3, 0.4) is 0 Å². The van der Waals surface area contributed by atoms with Crippen LogP contribution in [0, 0.1) is 23.6 Å². The molecule has 1 aliphatic heterocycles. The number of amides is 1. The first-order chi connectivity index (χ1) is 9.97. The van der Waals surface area contributed by atoms with Crippen molar-refractivity contribution >= 4 is 17.6 Å². The Hall–Kier alpha value is -1.91. The SMILES string of the molecule is CC1C[C@H](C(=O)N2CCc3ccc(F)cc32)[C@H](C(=O)O)C1. The number of carbonyl (C=O) groups is 2. The molecule has 0 aromatic heterocycles. The summed E-state index contributed by atoms with van der Waals surface area (Å²) in [6.07, 6.45) is 1.83. The zero-order chi connectivity index (χ0) is 15.1. The lowest BCUT2D eigenvalue weighted by molar-refractivity contribution is -0.145. The fourth-order valence-corrected chi connectivity index (χ4v) is 3.62. The first-order valence-corrected chi connectivity index (χ1v) is 7.30. The van der Waals surface area contributed by atoms with Crippen molar-refractivity contribution in [2.45, 2.75) is 26.2 Å². The van der Waals surface area contributed by atoms with E-state index in [0.29, 0.717) is 31.5 Å². The summed E-state index contributed by atoms with van der Waals surface area (Å²) in [5, 5.41) is 9.30. The van der Waals surface area contributed by atoms with E-state index in [1.165, 1.54) is 12.1 Å². The Morgan fingerprint density at radius 3 is 2.71 bits per heavy atom. The predicted molar refractivity (Wildman–Crippen MR) is 75.5 cm³/mol. The first-order valence-electron chi connectivity index (χ1n) is 7.30. The Morgan fingerprint density at radius 2 is 2.00 bits per heavy atom. The van der Waals surface area contributed by atoms with E-state index in [0.717, 1.165) is 5.56 Å². The lowest BCUT2D eigenvalue weighted by atomic mass is 9.94. The third-order valence-electron chi connectivity index (χ3n) is 4.64. The molecule has 3 atom stereocenters. The number of carboxylic acids is 1. The second-order valence-electron chi connectivity index (χ2n) is 6.14. The van der Waals surface area contributed by atoms with Gasteiger partial charge in [-0.3, -0.25) is 9.59 Å². The van der Waals surface area contributed by atoms with Gasteiger partial charge in [0.1, 0.15) is 5.82 Å². The van der Waals surface area contributed by atoms with E-state index in [1.54, 1.807) is 11.0 Å². The van der Waals surface area contributed by atoms with E-state index in [-0.39, 0.29) is 17.6 Å². The number of carbonyl (C=O) groups excluding carboxylic acids is 1. The lowest BCUT2D eigenvalue weighted by Crippen LogP contribution is -2.38. The maximum Gasteiger partial charge on any atom is 0.307 e. The number of carboxylic acid groups (broad SMARTS) is 1. The summed E-state index contributed by atoms with van der Waals surface area (Å²) in [5.41, 5.74) is 1.55. The molecule has 1 aromatic rings. The Morgan fingerprint density at radius 1 is 1.29 bits per heavy atom. The molecule has 1 unspecified atom stereocenters. The fourth-order valence-electron chi connectivity index (χ4n) is 3.62. The van der Waals surface area contributed by atoms with Crippen molar-refractivity contribution in [2.24, 2.45) is 17.8 Å². The van der Waals surface area contributed by atoms with Gasteiger partial charge in [0.15, 0.2) is 0 Å². The van der Waals surface area contributed by atoms with Gasteiger partial charge >= 0.3 is 5.97 Å². The molecule has 1 fully saturated rings. The van der Waals surface area contributed by atoms with Crippen molar-refractivity contribution in [2.75, 3.05) is 11.4 Å². The number of hydrogen-bond donors (Lipinski definition) is 1. The molecule has 1 aliphatic carbocycles. The van der Waals surface area contributed by atoms with Gasteiger partial charge in [-0.25, -0.2) is 4.39 Å². The minimum absolute atomic E-state index is 0.170. The molecular formula is C16H18FNO3. The van der Waals surface area contributed by atoms with Crippen molar-refractivity contribution in [3.05, 3.63) is 29.6 Å². The molecule has 3 rings (SSSR count). The average molecular weight is 291 g/mol. The standard InChI is InChI=1S/C16H18FNO3/c1-9-6-12(13(7-9)16(20)21)15(19)18-5-4-10-2-3-11(17)8-14(10)18/h2-3,8-9,12-13H,4-7H2,1H3,(H,20,21)/t9?,12-,13+/m0/s1. The van der Waals surface area contributed by atoms with Crippen LogP contribution in [0.4, 0.5) is 10.1 Å². The fraction of sp³-hybridized carbons (Fsp3) is 0.500. The van der Waals surface area contributed by atoms with Crippen molar-refractivity contribution in [3.8, 4) is 0 Å². The molecule has 0 saturated heterocycles. The van der Waals surface area contributed by atoms with Gasteiger partial charge in [-0.2, -0.15) is 0 Å². The van der Waals surface area contributed by atoms with Crippen LogP contribution in [0.5, 0.6) is 0 Å². The molecule has 1 aromatic carbocycles. The van der Waals surface area contributed by atoms with Crippen LogP contribution < -0.4 is 4.90 Å². The zero-order valence-electron chi connectivity index (χ0n) is 11.9. The summed E-state index contributed by atoms with van der Waals surface area (Å²) in [7, 11) is 0. The Balaban J connectivity index is 1.87. The third kappa shape index (κ3) is 2.41. The van der Waals surface area contributed by atoms with Gasteiger partial charge in [-0.05, 0) is 42.9 Å². The topological polar surface area (TPSA) is 57.6 Å². The normalized spacial score (nSPS) is 27.7. The van der Waals surface area contributed by atoms with Crippen LogP contribution in [-0.4, -0.2) is 23.5 Å². The molecule has 0 radical (unpaired) electrons. The van der Waals surface area contributed by atoms with Crippen LogP contribution >= 0.6 is 0 Å². The predicted octanol–water partition coefficient (Wildman–Crippen LogP) is 2.46. The summed E-state index contributed by atoms with van der Waals surface area (Å²) >= 11 is 0. The maximum absolute atomic E-state index is 13.4. The molecule has 1 amide bonds. The van der Waals surface area contributed by atoms with E-state index in [4.69, 9.17) is 0 Å². The third-order valence-corrected chi connectivity index (χ3v) is 4.64. The van der Waals surface area contributed by atoms with Crippen molar-refractivity contribution in [3.63, 3.8) is 0 Å². The minimum Gasteiger partial charge on any atom is -0.481 e. The average Bonchev–Trinajstić information content (AvgIpc) is 3.01. The monoisotopic (exact) mass is 291 g/mol. The summed E-state index contributed by atoms with van der Waals surface area (Å²) < 4.78 is 13.4. The first kappa shape index (κ1) is 14.0. The molecule has 4 nitrogen and oxygen atoms in total. The van der Waals surface area contributed by atoms with Crippen LogP contribution in [-0.2, 0) is 16.0 Å². The molecule has 2 aliphatic rings. The number of aliphatic carboxylic acids is 1. The highest BCUT2D eigenvalue weighted by Crippen LogP contribution is 2.40. The molecule has 0 spiro atoms. The molecule has 112 valence electrons. The van der Waals surface area contributed by atoms with Crippen molar-refractivity contribution < 1.29 is 19.1 Å². The van der Waals surface area contributed by atoms with Crippen LogP contribution in [0.25, 0.3) is 0 Å². The van der Waals surface area contributed by atoms with E-state index in [1.807, 2.05) is 6.92 Å². The summed E-state index contributed by atoms with van der Waals surface area (Å²) in [6.45, 7) is 2.48. The highest BCUT2D eigenvalue weighted by molar-refractivity contribution is 5.99. The highest BCUT2D eigenvalue weighted by atomic mass is 19.1. The summed E-state index contributed by atoms with van der Waals surface area (Å²) in [6, 6.07) is 4.46. The van der Waals surface area contributed by atoms with Crippen molar-refractivity contribution in [1.82, 2.24) is 0 Å². The van der Waals surface area contributed by atoms with E-state index in [2.05, 4.69) is 0 Å². The van der Waals surface area contributed by atoms with Gasteiger partial charge in [-0.1, -0.05) is 13.0 Å². The van der Waals surface area contributed by atoms with Gasteiger partial charge in [0.25, 0.3) is 0 Å². The zero-order valence-corrected chi connectivity index (χ0v) is 11.9. The molecule has 21 heavy (non-hydrogen) atoms. The molecule has 1 saturated carbocycles. The molecule has 1 N–H and O–H groups in total. The molecule has 1 heterocycles. The Kier molecular flexibility index (Phi) is 3.43. The van der Waals surface area contributed by atoms with Gasteiger partial charge in [0.05, 0.1) is 11.8 Å². The second kappa shape index (κ2) is 5.13. The van der Waals surface area contributed by atoms with Crippen LogP contribution in [0.1, 0.15) is 25.3 Å².